The van der Waals surface area contributed by atoms with Crippen LogP contribution in [0.2, 0.25) is 0 Å². The van der Waals surface area contributed by atoms with Crippen LogP contribution in [0.15, 0.2) is 24.3 Å². The average Bonchev–Trinajstić information content (AvgIpc) is 2.43. The molecule has 1 amide bonds. The van der Waals surface area contributed by atoms with E-state index in [1.807, 2.05) is 0 Å². The number of carbonyl (C=O) groups is 2. The Balaban J connectivity index is 2.39. The maximum atomic E-state index is 11.7. The van der Waals surface area contributed by atoms with E-state index >= 15 is 0 Å². The lowest BCUT2D eigenvalue weighted by atomic mass is 10.2. The van der Waals surface area contributed by atoms with Crippen LogP contribution >= 0.6 is 0 Å². The molecule has 2 N–H and O–H groups in total. The highest BCUT2D eigenvalue weighted by Crippen LogP contribution is 2.11. The molecule has 0 aliphatic rings. The van der Waals surface area contributed by atoms with Crippen molar-refractivity contribution >= 4 is 17.6 Å². The van der Waals surface area contributed by atoms with E-state index in [0.29, 0.717) is 0 Å². The molecule has 0 aromatic heterocycles. The highest BCUT2D eigenvalue weighted by Gasteiger charge is 2.11. The van der Waals surface area contributed by atoms with Crippen LogP contribution in [-0.4, -0.2) is 41.2 Å². The van der Waals surface area contributed by atoms with Gasteiger partial charge < -0.3 is 15.2 Å². The summed E-state index contributed by atoms with van der Waals surface area (Å²) in [7, 11) is 0. The summed E-state index contributed by atoms with van der Waals surface area (Å²) in [6, 6.07) is 5.15. The van der Waals surface area contributed by atoms with E-state index in [1.54, 1.807) is 0 Å². The third-order valence-corrected chi connectivity index (χ3v) is 2.44. The second kappa shape index (κ2) is 7.19. The molecule has 1 atom stereocenters. The van der Waals surface area contributed by atoms with E-state index in [4.69, 9.17) is 9.84 Å². The number of rotatable bonds is 7. The molecule has 1 aromatic carbocycles. The Morgan fingerprint density at radius 1 is 1.40 bits per heavy atom. The molecule has 0 bridgehead atoms. The maximum absolute atomic E-state index is 11.7. The highest BCUT2D eigenvalue weighted by molar-refractivity contribution is 5.94. The van der Waals surface area contributed by atoms with Gasteiger partial charge in [-0.1, -0.05) is 0 Å². The van der Waals surface area contributed by atoms with Crippen molar-refractivity contribution in [2.24, 2.45) is 0 Å². The van der Waals surface area contributed by atoms with Gasteiger partial charge in [-0.05, 0) is 19.1 Å². The van der Waals surface area contributed by atoms with Crippen molar-refractivity contribution in [2.75, 3.05) is 13.2 Å². The quantitative estimate of drug-likeness (QED) is 0.434. The number of nitro groups is 1. The minimum atomic E-state index is -1.08. The Kier molecular flexibility index (Phi) is 5.60. The molecule has 8 nitrogen and oxygen atoms in total. The van der Waals surface area contributed by atoms with Crippen molar-refractivity contribution in [3.8, 4) is 0 Å². The first-order chi connectivity index (χ1) is 9.41. The van der Waals surface area contributed by atoms with Crippen molar-refractivity contribution in [1.82, 2.24) is 5.32 Å². The van der Waals surface area contributed by atoms with Crippen molar-refractivity contribution in [3.05, 3.63) is 39.9 Å². The number of carbonyl (C=O) groups excluding carboxylic acids is 1. The zero-order chi connectivity index (χ0) is 15.1. The summed E-state index contributed by atoms with van der Waals surface area (Å²) >= 11 is 0. The summed E-state index contributed by atoms with van der Waals surface area (Å²) in [5, 5.41) is 21.5. The number of hydrogen-bond acceptors (Lipinski definition) is 5. The fourth-order valence-electron chi connectivity index (χ4n) is 1.31. The molecule has 1 rings (SSSR count). The standard InChI is InChI=1S/C12H14N2O6/c1-8(12(16)17)20-7-6-13-11(15)9-2-4-10(5-3-9)14(18)19/h2-5,8H,6-7H2,1H3,(H,13,15)(H,16,17). The highest BCUT2D eigenvalue weighted by atomic mass is 16.6. The SMILES string of the molecule is CC(OCCNC(=O)c1ccc([N+](=O)[O-])cc1)C(=O)O. The summed E-state index contributed by atoms with van der Waals surface area (Å²) < 4.78 is 4.94. The molecule has 0 spiro atoms. The van der Waals surface area contributed by atoms with Crippen LogP contribution in [-0.2, 0) is 9.53 Å². The molecule has 0 radical (unpaired) electrons. The zero-order valence-corrected chi connectivity index (χ0v) is 10.7. The van der Waals surface area contributed by atoms with E-state index in [0.717, 1.165) is 0 Å². The first-order valence-corrected chi connectivity index (χ1v) is 5.79. The Hall–Kier alpha value is -2.48. The Labute approximate surface area is 114 Å². The van der Waals surface area contributed by atoms with Gasteiger partial charge >= 0.3 is 5.97 Å². The second-order valence-corrected chi connectivity index (χ2v) is 3.91. The molecule has 0 saturated carbocycles. The normalized spacial score (nSPS) is 11.7. The molecule has 108 valence electrons. The van der Waals surface area contributed by atoms with Gasteiger partial charge in [0.25, 0.3) is 11.6 Å². The summed E-state index contributed by atoms with van der Waals surface area (Å²) in [6.45, 7) is 1.60. The predicted octanol–water partition coefficient (Wildman–Crippen LogP) is 0.814. The van der Waals surface area contributed by atoms with E-state index in [9.17, 15) is 19.7 Å². The molecular weight excluding hydrogens is 268 g/mol. The lowest BCUT2D eigenvalue weighted by molar-refractivity contribution is -0.384. The van der Waals surface area contributed by atoms with Gasteiger partial charge in [0.15, 0.2) is 6.10 Å². The van der Waals surface area contributed by atoms with Gasteiger partial charge in [-0.25, -0.2) is 4.79 Å². The predicted molar refractivity (Wildman–Crippen MR) is 68.5 cm³/mol. The third kappa shape index (κ3) is 4.65. The van der Waals surface area contributed by atoms with Gasteiger partial charge in [0.1, 0.15) is 0 Å². The summed E-state index contributed by atoms with van der Waals surface area (Å²) in [6.07, 6.45) is -0.939. The minimum Gasteiger partial charge on any atom is -0.479 e. The largest absolute Gasteiger partial charge is 0.479 e. The van der Waals surface area contributed by atoms with Gasteiger partial charge in [-0.2, -0.15) is 0 Å². The van der Waals surface area contributed by atoms with Crippen molar-refractivity contribution < 1.29 is 24.4 Å². The molecule has 0 aliphatic carbocycles. The van der Waals surface area contributed by atoms with Crippen LogP contribution in [0.4, 0.5) is 5.69 Å². The number of hydrogen-bond donors (Lipinski definition) is 2. The smallest absolute Gasteiger partial charge is 0.332 e. The fraction of sp³-hybridized carbons (Fsp3) is 0.333. The molecule has 0 aliphatic heterocycles. The number of non-ortho nitro benzene ring substituents is 1. The first kappa shape index (κ1) is 15.6. The van der Waals surface area contributed by atoms with Crippen LogP contribution in [0, 0.1) is 10.1 Å². The Bertz CT molecular complexity index is 499. The number of nitrogens with one attached hydrogen (secondary N) is 1. The molecule has 1 aromatic rings. The Morgan fingerprint density at radius 3 is 2.50 bits per heavy atom. The van der Waals surface area contributed by atoms with Crippen molar-refractivity contribution in [1.29, 1.82) is 0 Å². The number of carboxylic acid groups (broad SMARTS) is 1. The molecule has 0 saturated heterocycles. The summed E-state index contributed by atoms with van der Waals surface area (Å²) in [4.78, 5) is 32.0. The van der Waals surface area contributed by atoms with Gasteiger partial charge in [-0.15, -0.1) is 0 Å². The van der Waals surface area contributed by atoms with Crippen molar-refractivity contribution in [3.63, 3.8) is 0 Å². The van der Waals surface area contributed by atoms with E-state index in [2.05, 4.69) is 5.32 Å². The number of nitrogens with zero attached hydrogens (tertiary/aromatic N) is 1. The summed E-state index contributed by atoms with van der Waals surface area (Å²) in [5.41, 5.74) is 0.182. The first-order valence-electron chi connectivity index (χ1n) is 5.79. The number of ether oxygens (including phenoxy) is 1. The molecule has 0 fully saturated rings. The minimum absolute atomic E-state index is 0.0617. The number of aliphatic carboxylic acids is 1. The molecule has 20 heavy (non-hydrogen) atoms. The van der Waals surface area contributed by atoms with Crippen molar-refractivity contribution in [2.45, 2.75) is 13.0 Å². The number of benzene rings is 1. The molecular formula is C12H14N2O6. The van der Waals surface area contributed by atoms with Crippen LogP contribution in [0.1, 0.15) is 17.3 Å². The number of nitro benzene ring substituents is 1. The fourth-order valence-corrected chi connectivity index (χ4v) is 1.31. The zero-order valence-electron chi connectivity index (χ0n) is 10.7. The molecule has 8 heteroatoms. The average molecular weight is 282 g/mol. The molecule has 0 heterocycles. The van der Waals surface area contributed by atoms with E-state index in [1.165, 1.54) is 31.2 Å². The van der Waals surface area contributed by atoms with Gasteiger partial charge in [0.05, 0.1) is 11.5 Å². The Morgan fingerprint density at radius 2 is 2.00 bits per heavy atom. The van der Waals surface area contributed by atoms with Gasteiger partial charge in [-0.3, -0.25) is 14.9 Å². The monoisotopic (exact) mass is 282 g/mol. The van der Waals surface area contributed by atoms with E-state index < -0.39 is 22.9 Å². The van der Waals surface area contributed by atoms with Crippen LogP contribution < -0.4 is 5.32 Å². The summed E-state index contributed by atoms with van der Waals surface area (Å²) in [5.74, 6) is -1.49. The third-order valence-electron chi connectivity index (χ3n) is 2.44. The van der Waals surface area contributed by atoms with Crippen LogP contribution in [0.5, 0.6) is 0 Å². The topological polar surface area (TPSA) is 119 Å². The lowest BCUT2D eigenvalue weighted by Gasteiger charge is -2.09. The lowest BCUT2D eigenvalue weighted by Crippen LogP contribution is -2.30. The maximum Gasteiger partial charge on any atom is 0.332 e. The van der Waals surface area contributed by atoms with Crippen LogP contribution in [0.3, 0.4) is 0 Å². The van der Waals surface area contributed by atoms with E-state index in [-0.39, 0.29) is 24.4 Å². The number of amides is 1. The van der Waals surface area contributed by atoms with Gasteiger partial charge in [0, 0.05) is 24.2 Å². The number of carboxylic acids is 1. The van der Waals surface area contributed by atoms with Gasteiger partial charge in [0.2, 0.25) is 0 Å². The second-order valence-electron chi connectivity index (χ2n) is 3.91. The van der Waals surface area contributed by atoms with Crippen LogP contribution in [0.25, 0.3) is 0 Å². The molecule has 1 unspecified atom stereocenters.